The van der Waals surface area contributed by atoms with Crippen LogP contribution in [0.5, 0.6) is 0 Å². The quantitative estimate of drug-likeness (QED) is 0.867. The smallest absolute Gasteiger partial charge is 0.243 e. The summed E-state index contributed by atoms with van der Waals surface area (Å²) in [6.07, 6.45) is 0. The fourth-order valence-electron chi connectivity index (χ4n) is 1.60. The first-order valence-corrected chi connectivity index (χ1v) is 7.03. The van der Waals surface area contributed by atoms with Crippen LogP contribution in [0.3, 0.4) is 0 Å². The average Bonchev–Trinajstić information content (AvgIpc) is 2.25. The molecule has 0 unspecified atom stereocenters. The molecule has 0 saturated heterocycles. The lowest BCUT2D eigenvalue weighted by molar-refractivity contribution is 0.236. The standard InChI is InChI=1S/C12H19NO3S/c1-10(2)13(8-9-14)17(15,16)12-6-4-11(3)5-7-12/h4-7,10,14H,8-9H2,1-3H3. The zero-order valence-electron chi connectivity index (χ0n) is 10.4. The molecule has 5 heteroatoms. The van der Waals surface area contributed by atoms with Gasteiger partial charge in [-0.3, -0.25) is 0 Å². The van der Waals surface area contributed by atoms with Crippen molar-refractivity contribution < 1.29 is 13.5 Å². The zero-order valence-corrected chi connectivity index (χ0v) is 11.2. The Morgan fingerprint density at radius 2 is 1.76 bits per heavy atom. The van der Waals surface area contributed by atoms with E-state index in [4.69, 9.17) is 5.11 Å². The minimum atomic E-state index is -3.51. The monoisotopic (exact) mass is 257 g/mol. The first kappa shape index (κ1) is 14.2. The van der Waals surface area contributed by atoms with Crippen LogP contribution in [-0.2, 0) is 10.0 Å². The van der Waals surface area contributed by atoms with Gasteiger partial charge in [-0.1, -0.05) is 17.7 Å². The SMILES string of the molecule is Cc1ccc(S(=O)(=O)N(CCO)C(C)C)cc1. The van der Waals surface area contributed by atoms with Gasteiger partial charge in [0.15, 0.2) is 0 Å². The van der Waals surface area contributed by atoms with E-state index < -0.39 is 10.0 Å². The zero-order chi connectivity index (χ0) is 13.1. The van der Waals surface area contributed by atoms with Crippen molar-refractivity contribution in [2.75, 3.05) is 13.2 Å². The Morgan fingerprint density at radius 1 is 1.24 bits per heavy atom. The Morgan fingerprint density at radius 3 is 2.18 bits per heavy atom. The van der Waals surface area contributed by atoms with Gasteiger partial charge in [0.1, 0.15) is 0 Å². The number of hydrogen-bond acceptors (Lipinski definition) is 3. The van der Waals surface area contributed by atoms with Gasteiger partial charge in [0.25, 0.3) is 0 Å². The lowest BCUT2D eigenvalue weighted by Crippen LogP contribution is -2.38. The summed E-state index contributed by atoms with van der Waals surface area (Å²) in [6.45, 7) is 5.43. The molecule has 0 saturated carbocycles. The third-order valence-electron chi connectivity index (χ3n) is 2.52. The maximum atomic E-state index is 12.3. The van der Waals surface area contributed by atoms with Gasteiger partial charge in [-0.2, -0.15) is 4.31 Å². The second-order valence-electron chi connectivity index (χ2n) is 4.25. The van der Waals surface area contributed by atoms with Crippen molar-refractivity contribution in [3.05, 3.63) is 29.8 Å². The molecule has 1 rings (SSSR count). The molecule has 17 heavy (non-hydrogen) atoms. The molecule has 0 aliphatic rings. The van der Waals surface area contributed by atoms with Gasteiger partial charge in [0.2, 0.25) is 10.0 Å². The Labute approximate surface area is 103 Å². The van der Waals surface area contributed by atoms with Gasteiger partial charge < -0.3 is 5.11 Å². The summed E-state index contributed by atoms with van der Waals surface area (Å²) in [7, 11) is -3.51. The average molecular weight is 257 g/mol. The Bertz CT molecular complexity index is 451. The molecule has 0 atom stereocenters. The summed E-state index contributed by atoms with van der Waals surface area (Å²) in [4.78, 5) is 0.269. The number of aliphatic hydroxyl groups excluding tert-OH is 1. The molecule has 0 bridgehead atoms. The highest BCUT2D eigenvalue weighted by atomic mass is 32.2. The highest BCUT2D eigenvalue weighted by molar-refractivity contribution is 7.89. The molecule has 0 spiro atoms. The van der Waals surface area contributed by atoms with Crippen LogP contribution in [0.1, 0.15) is 19.4 Å². The van der Waals surface area contributed by atoms with Gasteiger partial charge in [0, 0.05) is 12.6 Å². The number of hydrogen-bond donors (Lipinski definition) is 1. The first-order chi connectivity index (χ1) is 7.89. The molecule has 4 nitrogen and oxygen atoms in total. The summed E-state index contributed by atoms with van der Waals surface area (Å²) < 4.78 is 25.9. The highest BCUT2D eigenvalue weighted by Gasteiger charge is 2.26. The van der Waals surface area contributed by atoms with Crippen molar-refractivity contribution in [3.63, 3.8) is 0 Å². The Balaban J connectivity index is 3.12. The largest absolute Gasteiger partial charge is 0.395 e. The van der Waals surface area contributed by atoms with E-state index in [1.807, 2.05) is 6.92 Å². The molecular formula is C12H19NO3S. The van der Waals surface area contributed by atoms with Crippen LogP contribution >= 0.6 is 0 Å². The maximum Gasteiger partial charge on any atom is 0.243 e. The fourth-order valence-corrected chi connectivity index (χ4v) is 3.23. The van der Waals surface area contributed by atoms with E-state index in [9.17, 15) is 8.42 Å². The predicted molar refractivity (Wildman–Crippen MR) is 67.3 cm³/mol. The Hall–Kier alpha value is -0.910. The molecule has 0 aromatic heterocycles. The third kappa shape index (κ3) is 3.28. The van der Waals surface area contributed by atoms with E-state index >= 15 is 0 Å². The van der Waals surface area contributed by atoms with Crippen molar-refractivity contribution in [1.82, 2.24) is 4.31 Å². The maximum absolute atomic E-state index is 12.3. The van der Waals surface area contributed by atoms with Gasteiger partial charge in [-0.25, -0.2) is 8.42 Å². The minimum absolute atomic E-state index is 0.119. The van der Waals surface area contributed by atoms with Crippen molar-refractivity contribution in [2.45, 2.75) is 31.7 Å². The summed E-state index contributed by atoms with van der Waals surface area (Å²) in [5.41, 5.74) is 1.02. The number of rotatable bonds is 5. The van der Waals surface area contributed by atoms with Crippen LogP contribution in [0.4, 0.5) is 0 Å². The molecule has 96 valence electrons. The van der Waals surface area contributed by atoms with E-state index in [1.54, 1.807) is 38.1 Å². The summed E-state index contributed by atoms with van der Waals surface area (Å²) in [5.74, 6) is 0. The lowest BCUT2D eigenvalue weighted by Gasteiger charge is -2.25. The second kappa shape index (κ2) is 5.62. The van der Waals surface area contributed by atoms with Gasteiger partial charge in [-0.15, -0.1) is 0 Å². The van der Waals surface area contributed by atoms with Crippen LogP contribution in [-0.4, -0.2) is 37.0 Å². The second-order valence-corrected chi connectivity index (χ2v) is 6.14. The molecule has 0 radical (unpaired) electrons. The van der Waals surface area contributed by atoms with E-state index in [1.165, 1.54) is 4.31 Å². The lowest BCUT2D eigenvalue weighted by atomic mass is 10.2. The minimum Gasteiger partial charge on any atom is -0.395 e. The van der Waals surface area contributed by atoms with E-state index in [2.05, 4.69) is 0 Å². The fraction of sp³-hybridized carbons (Fsp3) is 0.500. The molecule has 1 aromatic carbocycles. The molecule has 0 aliphatic heterocycles. The van der Waals surface area contributed by atoms with Crippen molar-refractivity contribution in [2.24, 2.45) is 0 Å². The van der Waals surface area contributed by atoms with Crippen LogP contribution in [0.25, 0.3) is 0 Å². The molecule has 0 amide bonds. The molecule has 0 aliphatic carbocycles. The van der Waals surface area contributed by atoms with E-state index in [0.717, 1.165) is 5.56 Å². The number of aryl methyl sites for hydroxylation is 1. The number of sulfonamides is 1. The van der Waals surface area contributed by atoms with E-state index in [-0.39, 0.29) is 24.1 Å². The highest BCUT2D eigenvalue weighted by Crippen LogP contribution is 2.18. The van der Waals surface area contributed by atoms with Gasteiger partial charge >= 0.3 is 0 Å². The topological polar surface area (TPSA) is 57.6 Å². The van der Waals surface area contributed by atoms with Crippen LogP contribution in [0, 0.1) is 6.92 Å². The number of aliphatic hydroxyl groups is 1. The van der Waals surface area contributed by atoms with Crippen molar-refractivity contribution in [3.8, 4) is 0 Å². The summed E-state index contributed by atoms with van der Waals surface area (Å²) in [5, 5.41) is 8.93. The normalized spacial score (nSPS) is 12.4. The summed E-state index contributed by atoms with van der Waals surface area (Å²) >= 11 is 0. The van der Waals surface area contributed by atoms with Gasteiger partial charge in [-0.05, 0) is 32.9 Å². The number of nitrogens with zero attached hydrogens (tertiary/aromatic N) is 1. The molecule has 0 heterocycles. The van der Waals surface area contributed by atoms with Crippen LogP contribution in [0.2, 0.25) is 0 Å². The van der Waals surface area contributed by atoms with Crippen molar-refractivity contribution in [1.29, 1.82) is 0 Å². The summed E-state index contributed by atoms with van der Waals surface area (Å²) in [6, 6.07) is 6.55. The van der Waals surface area contributed by atoms with Crippen molar-refractivity contribution >= 4 is 10.0 Å². The molecule has 1 aromatic rings. The predicted octanol–water partition coefficient (Wildman–Crippen LogP) is 1.39. The number of benzene rings is 1. The van der Waals surface area contributed by atoms with Crippen LogP contribution < -0.4 is 0 Å². The molecule has 1 N–H and O–H groups in total. The third-order valence-corrected chi connectivity index (χ3v) is 4.61. The first-order valence-electron chi connectivity index (χ1n) is 5.59. The molecular weight excluding hydrogens is 238 g/mol. The molecule has 0 fully saturated rings. The van der Waals surface area contributed by atoms with E-state index in [0.29, 0.717) is 0 Å². The van der Waals surface area contributed by atoms with Crippen LogP contribution in [0.15, 0.2) is 29.2 Å². The van der Waals surface area contributed by atoms with Gasteiger partial charge in [0.05, 0.1) is 11.5 Å². The Kier molecular flexibility index (Phi) is 4.68.